The van der Waals surface area contributed by atoms with Gasteiger partial charge in [-0.05, 0) is 55.3 Å². The topological polar surface area (TPSA) is 26.0 Å². The molecule has 2 aromatic rings. The third-order valence-electron chi connectivity index (χ3n) is 3.12. The molecule has 17 heavy (non-hydrogen) atoms. The van der Waals surface area contributed by atoms with Gasteiger partial charge in [-0.25, -0.2) is 0 Å². The number of thiophene rings is 1. The monoisotopic (exact) mass is 245 g/mol. The van der Waals surface area contributed by atoms with Crippen molar-refractivity contribution in [2.45, 2.75) is 33.2 Å². The van der Waals surface area contributed by atoms with E-state index in [4.69, 9.17) is 5.73 Å². The van der Waals surface area contributed by atoms with Crippen molar-refractivity contribution >= 4 is 11.3 Å². The van der Waals surface area contributed by atoms with Gasteiger partial charge in [0.15, 0.2) is 0 Å². The lowest BCUT2D eigenvalue weighted by atomic mass is 9.97. The first kappa shape index (κ1) is 12.3. The number of nitrogens with two attached hydrogens (primary N) is 1. The van der Waals surface area contributed by atoms with E-state index >= 15 is 0 Å². The van der Waals surface area contributed by atoms with E-state index in [0.29, 0.717) is 0 Å². The molecule has 0 aliphatic carbocycles. The van der Waals surface area contributed by atoms with Gasteiger partial charge in [0.25, 0.3) is 0 Å². The standard InChI is InChI=1S/C15H19NS/c1-10-4-5-11(2)13(6-10)8-15(16)14-7-12(3)17-9-14/h4-7,9,15H,8,16H2,1-3H3. The van der Waals surface area contributed by atoms with Crippen molar-refractivity contribution in [3.8, 4) is 0 Å². The van der Waals surface area contributed by atoms with Gasteiger partial charge < -0.3 is 5.73 Å². The second kappa shape index (κ2) is 5.03. The summed E-state index contributed by atoms with van der Waals surface area (Å²) in [5.74, 6) is 0. The predicted octanol–water partition coefficient (Wildman–Crippen LogP) is 3.92. The van der Waals surface area contributed by atoms with E-state index in [-0.39, 0.29) is 6.04 Å². The molecular weight excluding hydrogens is 226 g/mol. The summed E-state index contributed by atoms with van der Waals surface area (Å²) in [5.41, 5.74) is 11.5. The normalized spacial score (nSPS) is 12.7. The van der Waals surface area contributed by atoms with Gasteiger partial charge in [0.1, 0.15) is 0 Å². The summed E-state index contributed by atoms with van der Waals surface area (Å²) in [7, 11) is 0. The summed E-state index contributed by atoms with van der Waals surface area (Å²) < 4.78 is 0. The van der Waals surface area contributed by atoms with Gasteiger partial charge in [-0.2, -0.15) is 0 Å². The summed E-state index contributed by atoms with van der Waals surface area (Å²) in [4.78, 5) is 1.33. The van der Waals surface area contributed by atoms with Crippen LogP contribution in [0.4, 0.5) is 0 Å². The molecular formula is C15H19NS. The van der Waals surface area contributed by atoms with Crippen LogP contribution in [0.25, 0.3) is 0 Å². The van der Waals surface area contributed by atoms with Crippen molar-refractivity contribution in [3.63, 3.8) is 0 Å². The zero-order valence-corrected chi connectivity index (χ0v) is 11.5. The molecule has 0 aliphatic heterocycles. The number of hydrogen-bond acceptors (Lipinski definition) is 2. The van der Waals surface area contributed by atoms with Gasteiger partial charge in [0, 0.05) is 10.9 Å². The van der Waals surface area contributed by atoms with E-state index in [1.165, 1.54) is 27.1 Å². The van der Waals surface area contributed by atoms with Crippen molar-refractivity contribution in [2.24, 2.45) is 5.73 Å². The average molecular weight is 245 g/mol. The Morgan fingerprint density at radius 2 is 1.94 bits per heavy atom. The molecule has 1 atom stereocenters. The van der Waals surface area contributed by atoms with Crippen molar-refractivity contribution < 1.29 is 0 Å². The molecule has 0 saturated carbocycles. The first-order chi connectivity index (χ1) is 8.06. The summed E-state index contributed by atoms with van der Waals surface area (Å²) in [6, 6.07) is 8.88. The van der Waals surface area contributed by atoms with Crippen LogP contribution in [0.3, 0.4) is 0 Å². The van der Waals surface area contributed by atoms with Crippen molar-refractivity contribution in [3.05, 3.63) is 56.8 Å². The molecule has 90 valence electrons. The summed E-state index contributed by atoms with van der Waals surface area (Å²) in [6.07, 6.45) is 0.920. The Morgan fingerprint density at radius 1 is 1.18 bits per heavy atom. The minimum atomic E-state index is 0.112. The van der Waals surface area contributed by atoms with Crippen LogP contribution < -0.4 is 5.73 Å². The van der Waals surface area contributed by atoms with Crippen LogP contribution in [0, 0.1) is 20.8 Å². The number of rotatable bonds is 3. The highest BCUT2D eigenvalue weighted by atomic mass is 32.1. The summed E-state index contributed by atoms with van der Waals surface area (Å²) in [5, 5.41) is 2.17. The Morgan fingerprint density at radius 3 is 2.59 bits per heavy atom. The molecule has 1 unspecified atom stereocenters. The molecule has 1 nitrogen and oxygen atoms in total. The fourth-order valence-electron chi connectivity index (χ4n) is 2.03. The van der Waals surface area contributed by atoms with Crippen LogP contribution in [0.2, 0.25) is 0 Å². The third-order valence-corrected chi connectivity index (χ3v) is 4.00. The van der Waals surface area contributed by atoms with E-state index in [2.05, 4.69) is 50.4 Å². The highest BCUT2D eigenvalue weighted by Gasteiger charge is 2.10. The molecule has 1 aromatic heterocycles. The van der Waals surface area contributed by atoms with Crippen LogP contribution in [0.15, 0.2) is 29.6 Å². The molecule has 2 N–H and O–H groups in total. The largest absolute Gasteiger partial charge is 0.324 e. The predicted molar refractivity (Wildman–Crippen MR) is 75.6 cm³/mol. The maximum atomic E-state index is 6.27. The summed E-state index contributed by atoms with van der Waals surface area (Å²) >= 11 is 1.77. The van der Waals surface area contributed by atoms with E-state index in [1.807, 2.05) is 0 Å². The highest BCUT2D eigenvalue weighted by molar-refractivity contribution is 7.10. The molecule has 0 amide bonds. The number of aryl methyl sites for hydroxylation is 3. The van der Waals surface area contributed by atoms with Crippen LogP contribution in [0.5, 0.6) is 0 Å². The van der Waals surface area contributed by atoms with Crippen molar-refractivity contribution in [1.29, 1.82) is 0 Å². The Bertz CT molecular complexity index is 513. The quantitative estimate of drug-likeness (QED) is 0.871. The van der Waals surface area contributed by atoms with E-state index in [1.54, 1.807) is 11.3 Å². The Balaban J connectivity index is 2.18. The molecule has 0 bridgehead atoms. The molecule has 0 radical (unpaired) electrons. The minimum absolute atomic E-state index is 0.112. The fraction of sp³-hybridized carbons (Fsp3) is 0.333. The number of benzene rings is 1. The zero-order valence-electron chi connectivity index (χ0n) is 10.7. The van der Waals surface area contributed by atoms with Crippen LogP contribution in [-0.4, -0.2) is 0 Å². The lowest BCUT2D eigenvalue weighted by Crippen LogP contribution is -2.13. The molecule has 0 saturated heterocycles. The Hall–Kier alpha value is -1.12. The van der Waals surface area contributed by atoms with E-state index in [9.17, 15) is 0 Å². The van der Waals surface area contributed by atoms with Gasteiger partial charge in [0.2, 0.25) is 0 Å². The maximum absolute atomic E-state index is 6.27. The van der Waals surface area contributed by atoms with Crippen LogP contribution in [0.1, 0.15) is 33.2 Å². The molecule has 2 heteroatoms. The molecule has 1 aromatic carbocycles. The maximum Gasteiger partial charge on any atom is 0.0344 e. The molecule has 2 rings (SSSR count). The first-order valence-corrected chi connectivity index (χ1v) is 6.81. The molecule has 0 spiro atoms. The van der Waals surface area contributed by atoms with Gasteiger partial charge >= 0.3 is 0 Å². The zero-order chi connectivity index (χ0) is 12.4. The van der Waals surface area contributed by atoms with Crippen molar-refractivity contribution in [2.75, 3.05) is 0 Å². The fourth-order valence-corrected chi connectivity index (χ4v) is 2.80. The number of hydrogen-bond donors (Lipinski definition) is 1. The second-order valence-corrected chi connectivity index (χ2v) is 5.85. The Labute approximate surface area is 107 Å². The van der Waals surface area contributed by atoms with Gasteiger partial charge in [-0.1, -0.05) is 23.8 Å². The molecule has 0 aliphatic rings. The van der Waals surface area contributed by atoms with E-state index < -0.39 is 0 Å². The smallest absolute Gasteiger partial charge is 0.0344 e. The average Bonchev–Trinajstić information content (AvgIpc) is 2.70. The van der Waals surface area contributed by atoms with Crippen LogP contribution >= 0.6 is 11.3 Å². The lowest BCUT2D eigenvalue weighted by Gasteiger charge is -2.13. The van der Waals surface area contributed by atoms with Crippen LogP contribution in [-0.2, 0) is 6.42 Å². The third kappa shape index (κ3) is 2.96. The van der Waals surface area contributed by atoms with E-state index in [0.717, 1.165) is 6.42 Å². The second-order valence-electron chi connectivity index (χ2n) is 4.73. The minimum Gasteiger partial charge on any atom is -0.324 e. The Kier molecular flexibility index (Phi) is 3.65. The molecule has 0 fully saturated rings. The SMILES string of the molecule is Cc1ccc(C)c(CC(N)c2csc(C)c2)c1. The summed E-state index contributed by atoms with van der Waals surface area (Å²) in [6.45, 7) is 6.41. The lowest BCUT2D eigenvalue weighted by molar-refractivity contribution is 0.721. The van der Waals surface area contributed by atoms with Gasteiger partial charge in [0.05, 0.1) is 0 Å². The van der Waals surface area contributed by atoms with Gasteiger partial charge in [-0.15, -0.1) is 11.3 Å². The van der Waals surface area contributed by atoms with Gasteiger partial charge in [-0.3, -0.25) is 0 Å². The first-order valence-electron chi connectivity index (χ1n) is 5.93. The van der Waals surface area contributed by atoms with Crippen molar-refractivity contribution in [1.82, 2.24) is 0 Å². The highest BCUT2D eigenvalue weighted by Crippen LogP contribution is 2.23. The molecule has 1 heterocycles.